The number of nitrogens with zero attached hydrogens (tertiary/aromatic N) is 3. The summed E-state index contributed by atoms with van der Waals surface area (Å²) >= 11 is 10.1. The number of esters is 3. The maximum Gasteiger partial charge on any atom is 0.305 e. The van der Waals surface area contributed by atoms with Crippen molar-refractivity contribution in [1.82, 2.24) is 0 Å². The van der Waals surface area contributed by atoms with E-state index in [4.69, 9.17) is 27.9 Å². The minimum Gasteiger partial charge on any atom is -0.469 e. The smallest absolute Gasteiger partial charge is 0.305 e. The van der Waals surface area contributed by atoms with E-state index in [1.165, 1.54) is 34.2 Å². The number of nitro groups is 3. The van der Waals surface area contributed by atoms with E-state index in [0.717, 1.165) is 161 Å². The molecular formula is C69H119Cl2N3O18. The number of hydrogen-bond acceptors (Lipinski definition) is 18. The molecule has 4 rings (SSSR count). The highest BCUT2D eigenvalue weighted by atomic mass is 35.5. The Hall–Kier alpha value is -4.38. The number of ketones is 1. The van der Waals surface area contributed by atoms with Gasteiger partial charge in [0.15, 0.2) is 5.78 Å². The van der Waals surface area contributed by atoms with Crippen molar-refractivity contribution in [2.24, 2.45) is 35.5 Å². The number of carbonyl (C=O) groups is 4. The number of rotatable bonds is 43. The molecule has 0 radical (unpaired) electrons. The molecule has 0 aromatic heterocycles. The summed E-state index contributed by atoms with van der Waals surface area (Å²) in [6.07, 6.45) is 38.3. The van der Waals surface area contributed by atoms with E-state index in [1.807, 2.05) is 18.2 Å². The van der Waals surface area contributed by atoms with Gasteiger partial charge in [-0.25, -0.2) is 0 Å². The lowest BCUT2D eigenvalue weighted by Gasteiger charge is -2.18. The van der Waals surface area contributed by atoms with Gasteiger partial charge in [-0.05, 0) is 120 Å². The van der Waals surface area contributed by atoms with E-state index >= 15 is 0 Å². The van der Waals surface area contributed by atoms with Crippen molar-refractivity contribution >= 4 is 46.9 Å². The van der Waals surface area contributed by atoms with Crippen LogP contribution in [0.25, 0.3) is 0 Å². The average Bonchev–Trinajstić information content (AvgIpc) is 1.75. The molecule has 92 heavy (non-hydrogen) atoms. The van der Waals surface area contributed by atoms with Crippen LogP contribution < -0.4 is 0 Å². The summed E-state index contributed by atoms with van der Waals surface area (Å²) in [5.41, 5.74) is 0.319. The molecule has 1 heterocycles. The van der Waals surface area contributed by atoms with Gasteiger partial charge in [-0.3, -0.25) is 49.5 Å². The Labute approximate surface area is 560 Å². The molecule has 21 nitrogen and oxygen atoms in total. The van der Waals surface area contributed by atoms with Gasteiger partial charge < -0.3 is 39.4 Å². The Kier molecular flexibility index (Phi) is 54.2. The summed E-state index contributed by atoms with van der Waals surface area (Å²) in [5.74, 6) is -0.145. The number of alkyl halides is 2. The molecule has 2 saturated carbocycles. The summed E-state index contributed by atoms with van der Waals surface area (Å²) in [5, 5.41) is 74.7. The van der Waals surface area contributed by atoms with Crippen molar-refractivity contribution in [3.8, 4) is 0 Å². The first-order valence-corrected chi connectivity index (χ1v) is 35.6. The van der Waals surface area contributed by atoms with Crippen molar-refractivity contribution in [2.75, 3.05) is 46.3 Å². The lowest BCUT2D eigenvalue weighted by Crippen LogP contribution is -2.34. The van der Waals surface area contributed by atoms with Crippen molar-refractivity contribution in [3.63, 3.8) is 0 Å². The number of aliphatic hydroxyl groups is 4. The van der Waals surface area contributed by atoms with Gasteiger partial charge in [0.05, 0.1) is 44.4 Å². The molecule has 4 unspecified atom stereocenters. The predicted octanol–water partition coefficient (Wildman–Crippen LogP) is 14.5. The van der Waals surface area contributed by atoms with Crippen LogP contribution in [0.2, 0.25) is 0 Å². The normalized spacial score (nSPS) is 23.0. The van der Waals surface area contributed by atoms with E-state index < -0.39 is 36.5 Å². The first-order valence-electron chi connectivity index (χ1n) is 34.5. The zero-order chi connectivity index (χ0) is 68.9. The van der Waals surface area contributed by atoms with Crippen LogP contribution in [0.1, 0.15) is 245 Å². The molecule has 0 aromatic rings. The van der Waals surface area contributed by atoms with Crippen molar-refractivity contribution in [2.45, 2.75) is 282 Å². The zero-order valence-electron chi connectivity index (χ0n) is 56.6. The highest BCUT2D eigenvalue weighted by Crippen LogP contribution is 2.41. The third-order valence-electron chi connectivity index (χ3n) is 17.5. The molecular weight excluding hydrogens is 1230 g/mol. The second kappa shape index (κ2) is 56.9. The number of halogens is 2. The van der Waals surface area contributed by atoms with E-state index in [1.54, 1.807) is 24.3 Å². The average molecular weight is 1350 g/mol. The zero-order valence-corrected chi connectivity index (χ0v) is 58.2. The minimum absolute atomic E-state index is 0.0500. The first kappa shape index (κ1) is 87.6. The van der Waals surface area contributed by atoms with Crippen LogP contribution >= 0.6 is 23.2 Å². The van der Waals surface area contributed by atoms with E-state index in [-0.39, 0.29) is 74.0 Å². The maximum absolute atomic E-state index is 12.0. The molecule has 3 fully saturated rings. The van der Waals surface area contributed by atoms with Gasteiger partial charge in [0, 0.05) is 72.3 Å². The van der Waals surface area contributed by atoms with Gasteiger partial charge in [-0.15, -0.1) is 23.2 Å². The molecule has 1 saturated heterocycles. The largest absolute Gasteiger partial charge is 0.469 e. The number of carbonyl (C=O) groups excluding carboxylic acids is 4. The predicted molar refractivity (Wildman–Crippen MR) is 361 cm³/mol. The Morgan fingerprint density at radius 3 is 1.30 bits per heavy atom. The highest BCUT2D eigenvalue weighted by molar-refractivity contribution is 6.25. The molecule has 4 aliphatic rings. The highest BCUT2D eigenvalue weighted by Gasteiger charge is 2.50. The molecule has 0 aromatic carbocycles. The van der Waals surface area contributed by atoms with Crippen LogP contribution in [0.15, 0.2) is 48.2 Å². The monoisotopic (exact) mass is 1350 g/mol. The van der Waals surface area contributed by atoms with Crippen LogP contribution in [0.5, 0.6) is 0 Å². The lowest BCUT2D eigenvalue weighted by molar-refractivity contribution is -0.539. The number of methoxy groups -OCH3 is 3. The second-order valence-corrected chi connectivity index (χ2v) is 25.4. The molecule has 0 spiro atoms. The number of aliphatic hydroxyl groups excluding tert-OH is 4. The van der Waals surface area contributed by atoms with Crippen molar-refractivity contribution in [1.29, 1.82) is 0 Å². The SMILES string of the molecule is C1CCOC1.CCCCCC(=O)/C=C/[C@@H]1CC(O)C([N+](=O)[O-])[C@@H]1CCCCCCC(=O)OC.CCCCC[C@H](O)/C=C/[C@@H]1CC(O)C([N+](=O)[O-])[C@@H]1CCCCCCC(=O)OC.CCCCC[C@H](O)/C=C/[C@@H]1CC=C([N+](=O)[O-])[C@@H]1CCCCCCC(=O)OC.ClCCCl. The Bertz CT molecular complexity index is 2100. The number of allylic oxidation sites excluding steroid dienone is 6. The maximum atomic E-state index is 12.0. The third kappa shape index (κ3) is 41.4. The third-order valence-corrected chi connectivity index (χ3v) is 18.0. The van der Waals surface area contributed by atoms with Gasteiger partial charge in [-0.1, -0.05) is 160 Å². The molecule has 0 bridgehead atoms. The summed E-state index contributed by atoms with van der Waals surface area (Å²) < 4.78 is 18.8. The quantitative estimate of drug-likeness (QED) is 0.00644. The Balaban J connectivity index is 0.00000126. The minimum atomic E-state index is -0.972. The second-order valence-electron chi connectivity index (χ2n) is 24.7. The fraction of sp³-hybridized carbons (Fsp3) is 0.826. The number of hydrogen-bond donors (Lipinski definition) is 4. The van der Waals surface area contributed by atoms with Crippen LogP contribution in [-0.2, 0) is 38.1 Å². The standard InChI is InChI=1S/C21H37NO6.C21H35NO6.C21H35NO5.C4H8O.C2H4Cl2/c2*1-3-4-7-10-17(23)14-13-16-15-19(24)21(22(26)27)18(16)11-8-5-6-9-12-20(25)28-2;1-3-4-7-10-18(23)15-13-17-14-16-20(22(25)26)19(17)11-8-5-6-9-12-21(24)27-2;1-2-4-5-3-1;3-1-2-4/h13-14,16-19,21,23-24H,3-12,15H2,1-2H3;13-14,16,18-19,21,24H,3-12,15H2,1-2H3;13,15-19,23H,3-12,14H2,1-2H3;1-4H2;1-2H2/b2*14-13+;15-13+;;/t16-,17+,18-,19?,21?;16-,18-,19?,21?;17-,18+,19-;;/m111../s1. The fourth-order valence-electron chi connectivity index (χ4n) is 12.3. The lowest BCUT2D eigenvalue weighted by atomic mass is 9.87. The summed E-state index contributed by atoms with van der Waals surface area (Å²) in [6, 6.07) is -1.91. The Morgan fingerprint density at radius 2 is 0.935 bits per heavy atom. The van der Waals surface area contributed by atoms with Gasteiger partial charge in [0.2, 0.25) is 17.8 Å². The van der Waals surface area contributed by atoms with Gasteiger partial charge in [0.25, 0.3) is 0 Å². The summed E-state index contributed by atoms with van der Waals surface area (Å²) in [4.78, 5) is 78.5. The van der Waals surface area contributed by atoms with Crippen molar-refractivity contribution < 1.29 is 73.3 Å². The Morgan fingerprint density at radius 1 is 0.554 bits per heavy atom. The van der Waals surface area contributed by atoms with Crippen molar-refractivity contribution in [3.05, 3.63) is 78.6 Å². The van der Waals surface area contributed by atoms with Crippen LogP contribution in [0.3, 0.4) is 0 Å². The molecule has 12 atom stereocenters. The topological polar surface area (TPSA) is 316 Å². The van der Waals surface area contributed by atoms with E-state index in [0.29, 0.717) is 81.7 Å². The van der Waals surface area contributed by atoms with Gasteiger partial charge in [0.1, 0.15) is 12.2 Å². The molecule has 0 amide bonds. The number of ether oxygens (including phenoxy) is 4. The molecule has 3 aliphatic carbocycles. The van der Waals surface area contributed by atoms with E-state index in [2.05, 4.69) is 35.0 Å². The van der Waals surface area contributed by atoms with E-state index in [9.17, 15) is 69.9 Å². The fourth-order valence-corrected chi connectivity index (χ4v) is 12.3. The van der Waals surface area contributed by atoms with Crippen LogP contribution in [0.4, 0.5) is 0 Å². The van der Waals surface area contributed by atoms with Gasteiger partial charge in [-0.2, -0.15) is 0 Å². The number of unbranched alkanes of at least 4 members (excludes halogenated alkanes) is 15. The molecule has 4 N–H and O–H groups in total. The molecule has 23 heteroatoms. The van der Waals surface area contributed by atoms with Gasteiger partial charge >= 0.3 is 17.9 Å². The summed E-state index contributed by atoms with van der Waals surface area (Å²) in [7, 11) is 4.13. The van der Waals surface area contributed by atoms with Crippen LogP contribution in [-0.4, -0.2) is 142 Å². The van der Waals surface area contributed by atoms with Crippen LogP contribution in [0, 0.1) is 65.9 Å². The molecule has 532 valence electrons. The molecule has 1 aliphatic heterocycles. The summed E-state index contributed by atoms with van der Waals surface area (Å²) in [6.45, 7) is 8.32. The first-order chi connectivity index (χ1) is 44.2.